The molecule has 0 radical (unpaired) electrons. The summed E-state index contributed by atoms with van der Waals surface area (Å²) < 4.78 is 20.5. The van der Waals surface area contributed by atoms with Crippen molar-refractivity contribution < 1.29 is 24.1 Å². The van der Waals surface area contributed by atoms with Crippen LogP contribution in [-0.2, 0) is 9.53 Å². The van der Waals surface area contributed by atoms with Gasteiger partial charge in [-0.3, -0.25) is 4.79 Å². The molecule has 0 saturated heterocycles. The van der Waals surface area contributed by atoms with Gasteiger partial charge in [0.25, 0.3) is 0 Å². The Balaban J connectivity index is 1.71. The number of carbonyl (C=O) groups is 1. The molecule has 4 nitrogen and oxygen atoms in total. The fourth-order valence-corrected chi connectivity index (χ4v) is 7.30. The Hall–Kier alpha value is -1.38. The van der Waals surface area contributed by atoms with Crippen LogP contribution >= 0.6 is 0 Å². The van der Waals surface area contributed by atoms with Crippen molar-refractivity contribution in [2.75, 3.05) is 0 Å². The van der Waals surface area contributed by atoms with Crippen LogP contribution in [0.25, 0.3) is 0 Å². The molecule has 4 aliphatic carbocycles. The zero-order valence-corrected chi connectivity index (χ0v) is 17.0. The zero-order valence-electron chi connectivity index (χ0n) is 17.0. The quantitative estimate of drug-likeness (QED) is 0.531. The van der Waals surface area contributed by atoms with Gasteiger partial charge < -0.3 is 14.9 Å². The molecule has 8 atom stereocenters. The highest BCUT2D eigenvalue weighted by Gasteiger charge is 2.65. The predicted octanol–water partition coefficient (Wildman–Crippen LogP) is 3.51. The van der Waals surface area contributed by atoms with E-state index >= 15 is 4.39 Å². The molecular weight excluding hydrogens is 359 g/mol. The van der Waals surface area contributed by atoms with Gasteiger partial charge in [-0.2, -0.15) is 0 Å². The monoisotopic (exact) mass is 390 g/mol. The van der Waals surface area contributed by atoms with Crippen molar-refractivity contribution in [2.24, 2.45) is 28.6 Å². The van der Waals surface area contributed by atoms with Crippen LogP contribution in [0.2, 0.25) is 0 Å². The van der Waals surface area contributed by atoms with Crippen molar-refractivity contribution in [3.05, 3.63) is 11.4 Å². The number of esters is 1. The molecule has 0 aromatic heterocycles. The number of terminal acetylenes is 1. The van der Waals surface area contributed by atoms with Crippen LogP contribution < -0.4 is 0 Å². The Morgan fingerprint density at radius 3 is 2.54 bits per heavy atom. The minimum Gasteiger partial charge on any atom is -0.455 e. The molecule has 154 valence electrons. The van der Waals surface area contributed by atoms with Gasteiger partial charge in [-0.05, 0) is 73.7 Å². The molecular formula is C23H31FO4. The van der Waals surface area contributed by atoms with Crippen LogP contribution in [0.3, 0.4) is 0 Å². The third-order valence-corrected chi connectivity index (χ3v) is 8.89. The van der Waals surface area contributed by atoms with Gasteiger partial charge >= 0.3 is 5.97 Å². The number of ether oxygens (including phenoxy) is 1. The van der Waals surface area contributed by atoms with Gasteiger partial charge in [-0.25, -0.2) is 4.39 Å². The van der Waals surface area contributed by atoms with E-state index in [1.165, 1.54) is 6.92 Å². The summed E-state index contributed by atoms with van der Waals surface area (Å²) in [4.78, 5) is 11.3. The van der Waals surface area contributed by atoms with Crippen molar-refractivity contribution in [1.82, 2.24) is 0 Å². The highest BCUT2D eigenvalue weighted by molar-refractivity contribution is 5.66. The summed E-state index contributed by atoms with van der Waals surface area (Å²) in [5, 5.41) is 22.2. The maximum atomic E-state index is 15.3. The highest BCUT2D eigenvalue weighted by Crippen LogP contribution is 2.68. The summed E-state index contributed by atoms with van der Waals surface area (Å²) in [7, 11) is 0. The first-order valence-corrected chi connectivity index (χ1v) is 10.5. The Morgan fingerprint density at radius 1 is 1.21 bits per heavy atom. The standard InChI is InChI=1S/C23H31FO4/c1-5-23(27)11-7-15-19-14(6-10-22(15,23)4)21(3)9-8-18(28-13(2)25)20(24)16(21)12-17(19)26/h1,14-15,17-19,26-27H,6-12H2,2-4H3/t14-,15+,17?,18?,19-,21-,22+,23?/m1/s1. The van der Waals surface area contributed by atoms with E-state index in [1.54, 1.807) is 0 Å². The summed E-state index contributed by atoms with van der Waals surface area (Å²) in [5.74, 6) is 2.09. The molecule has 2 N–H and O–H groups in total. The summed E-state index contributed by atoms with van der Waals surface area (Å²) in [6, 6.07) is 0. The van der Waals surface area contributed by atoms with E-state index in [0.29, 0.717) is 18.4 Å². The third kappa shape index (κ3) is 2.47. The lowest BCUT2D eigenvalue weighted by atomic mass is 9.45. The lowest BCUT2D eigenvalue weighted by Crippen LogP contribution is -2.58. The molecule has 28 heavy (non-hydrogen) atoms. The Labute approximate surface area is 166 Å². The van der Waals surface area contributed by atoms with E-state index in [0.717, 1.165) is 25.7 Å². The molecule has 3 saturated carbocycles. The van der Waals surface area contributed by atoms with Crippen molar-refractivity contribution in [2.45, 2.75) is 83.5 Å². The van der Waals surface area contributed by atoms with Gasteiger partial charge in [-0.1, -0.05) is 19.8 Å². The average molecular weight is 390 g/mol. The fourth-order valence-electron chi connectivity index (χ4n) is 7.30. The van der Waals surface area contributed by atoms with Crippen LogP contribution in [0.4, 0.5) is 4.39 Å². The summed E-state index contributed by atoms with van der Waals surface area (Å²) in [6.07, 6.45) is 8.64. The van der Waals surface area contributed by atoms with Crippen LogP contribution in [0, 0.1) is 40.9 Å². The molecule has 3 unspecified atom stereocenters. The molecule has 4 rings (SSSR count). The molecule has 0 aromatic rings. The number of hydrogen-bond acceptors (Lipinski definition) is 4. The van der Waals surface area contributed by atoms with E-state index in [9.17, 15) is 15.0 Å². The molecule has 0 amide bonds. The largest absolute Gasteiger partial charge is 0.455 e. The maximum absolute atomic E-state index is 15.3. The van der Waals surface area contributed by atoms with E-state index in [2.05, 4.69) is 19.8 Å². The van der Waals surface area contributed by atoms with Gasteiger partial charge in [0.15, 0.2) is 6.10 Å². The lowest BCUT2D eigenvalue weighted by Gasteiger charge is -2.60. The van der Waals surface area contributed by atoms with Crippen LogP contribution in [0.5, 0.6) is 0 Å². The SMILES string of the molecule is C#CC1(O)CC[C@H]2[C@@H]3C(O)CC4=C(F)C(OC(C)=O)CC[C@]4(C)[C@@H]3CC[C@@]21C. The Morgan fingerprint density at radius 2 is 1.89 bits per heavy atom. The van der Waals surface area contributed by atoms with E-state index in [1.807, 2.05) is 0 Å². The van der Waals surface area contributed by atoms with Gasteiger partial charge in [0.2, 0.25) is 0 Å². The second-order valence-corrected chi connectivity index (χ2v) is 9.94. The highest BCUT2D eigenvalue weighted by atomic mass is 19.1. The minimum atomic E-state index is -1.13. The van der Waals surface area contributed by atoms with E-state index < -0.39 is 29.2 Å². The first-order valence-electron chi connectivity index (χ1n) is 10.5. The number of aliphatic hydroxyl groups is 2. The number of fused-ring (bicyclic) bond motifs is 5. The second kappa shape index (κ2) is 6.31. The minimum absolute atomic E-state index is 0.00736. The normalized spacial score (nSPS) is 50.2. The number of carbonyl (C=O) groups excluding carboxylic acids is 1. The number of aliphatic hydroxyl groups excluding tert-OH is 1. The number of halogens is 1. The second-order valence-electron chi connectivity index (χ2n) is 9.94. The fraction of sp³-hybridized carbons (Fsp3) is 0.783. The molecule has 0 aromatic carbocycles. The van der Waals surface area contributed by atoms with Gasteiger partial charge in [0.05, 0.1) is 6.10 Å². The lowest BCUT2D eigenvalue weighted by molar-refractivity contribution is -0.151. The molecule has 0 spiro atoms. The maximum Gasteiger partial charge on any atom is 0.303 e. The van der Waals surface area contributed by atoms with Gasteiger partial charge in [0.1, 0.15) is 11.4 Å². The molecule has 4 aliphatic rings. The van der Waals surface area contributed by atoms with Crippen LogP contribution in [-0.4, -0.2) is 34.0 Å². The van der Waals surface area contributed by atoms with E-state index in [4.69, 9.17) is 11.2 Å². The summed E-state index contributed by atoms with van der Waals surface area (Å²) >= 11 is 0. The van der Waals surface area contributed by atoms with Gasteiger partial charge in [0, 0.05) is 12.3 Å². The molecule has 3 fully saturated rings. The molecule has 5 heteroatoms. The molecule has 0 heterocycles. The third-order valence-electron chi connectivity index (χ3n) is 8.89. The Kier molecular flexibility index (Phi) is 4.49. The van der Waals surface area contributed by atoms with Crippen molar-refractivity contribution in [3.63, 3.8) is 0 Å². The van der Waals surface area contributed by atoms with Crippen molar-refractivity contribution in [1.29, 1.82) is 0 Å². The summed E-state index contributed by atoms with van der Waals surface area (Å²) in [5.41, 5.74) is -1.25. The predicted molar refractivity (Wildman–Crippen MR) is 102 cm³/mol. The number of hydrogen-bond donors (Lipinski definition) is 2. The van der Waals surface area contributed by atoms with Gasteiger partial charge in [-0.15, -0.1) is 6.42 Å². The summed E-state index contributed by atoms with van der Waals surface area (Å²) in [6.45, 7) is 5.48. The van der Waals surface area contributed by atoms with E-state index in [-0.39, 0.29) is 35.4 Å². The molecule has 0 aliphatic heterocycles. The zero-order chi connectivity index (χ0) is 20.5. The molecule has 0 bridgehead atoms. The smallest absolute Gasteiger partial charge is 0.303 e. The first-order chi connectivity index (χ1) is 13.1. The van der Waals surface area contributed by atoms with Crippen molar-refractivity contribution in [3.8, 4) is 12.3 Å². The topological polar surface area (TPSA) is 66.8 Å². The first kappa shape index (κ1) is 19.9. The van der Waals surface area contributed by atoms with Crippen LogP contribution in [0.15, 0.2) is 11.4 Å². The Bertz CT molecular complexity index is 769. The van der Waals surface area contributed by atoms with Crippen LogP contribution in [0.1, 0.15) is 65.7 Å². The van der Waals surface area contributed by atoms with Crippen molar-refractivity contribution >= 4 is 5.97 Å². The number of rotatable bonds is 1. The average Bonchev–Trinajstić information content (AvgIpc) is 2.91.